The summed E-state index contributed by atoms with van der Waals surface area (Å²) in [5.74, 6) is -2.17. The first-order chi connectivity index (χ1) is 8.81. The van der Waals surface area contributed by atoms with Crippen LogP contribution >= 0.6 is 0 Å². The lowest BCUT2D eigenvalue weighted by Gasteiger charge is -2.18. The number of hydrogen-bond donors (Lipinski definition) is 5. The Kier molecular flexibility index (Phi) is 4.85. The Hall–Kier alpha value is -2.12. The maximum Gasteiger partial charge on any atom is 0.307 e. The number of amides is 1. The summed E-state index contributed by atoms with van der Waals surface area (Å²) in [4.78, 5) is 21.2. The van der Waals surface area contributed by atoms with Crippen molar-refractivity contribution in [2.45, 2.75) is 25.0 Å². The van der Waals surface area contributed by atoms with Crippen LogP contribution in [0, 0.1) is 0 Å². The van der Waals surface area contributed by atoms with E-state index in [-0.39, 0.29) is 17.7 Å². The van der Waals surface area contributed by atoms with Gasteiger partial charge in [0.05, 0.1) is 18.9 Å². The maximum absolute atomic E-state index is 10.7. The van der Waals surface area contributed by atoms with Crippen LogP contribution in [0.1, 0.15) is 23.7 Å². The Bertz CT molecular complexity index is 487. The van der Waals surface area contributed by atoms with Gasteiger partial charge in [0.1, 0.15) is 11.9 Å². The second kappa shape index (κ2) is 6.17. The molecular formula is C12H15NO6. The predicted molar refractivity (Wildman–Crippen MR) is 64.2 cm³/mol. The number of aliphatic hydroxyl groups is 2. The molecule has 0 heterocycles. The number of hydrogen-bond acceptors (Lipinski definition) is 5. The minimum atomic E-state index is -1.53. The monoisotopic (exact) mass is 269 g/mol. The number of carbonyl (C=O) groups is 2. The van der Waals surface area contributed by atoms with Gasteiger partial charge in [-0.25, -0.2) is 0 Å². The van der Waals surface area contributed by atoms with Gasteiger partial charge >= 0.3 is 5.97 Å². The number of aromatic hydroxyl groups is 1. The average molecular weight is 269 g/mol. The van der Waals surface area contributed by atoms with E-state index < -0.39 is 30.5 Å². The number of phenols is 1. The molecule has 0 saturated heterocycles. The van der Waals surface area contributed by atoms with Crippen molar-refractivity contribution in [3.05, 3.63) is 29.3 Å². The van der Waals surface area contributed by atoms with Crippen LogP contribution in [0.5, 0.6) is 5.75 Å². The Morgan fingerprint density at radius 2 is 1.89 bits per heavy atom. The van der Waals surface area contributed by atoms with Gasteiger partial charge in [-0.15, -0.1) is 0 Å². The quantitative estimate of drug-likeness (QED) is 0.462. The van der Waals surface area contributed by atoms with Crippen LogP contribution in [0.4, 0.5) is 0 Å². The van der Waals surface area contributed by atoms with Gasteiger partial charge < -0.3 is 26.2 Å². The number of aliphatic hydroxyl groups excluding tert-OH is 2. The normalized spacial score (nSPS) is 13.8. The fourth-order valence-electron chi connectivity index (χ4n) is 1.65. The molecule has 0 radical (unpaired) electrons. The van der Waals surface area contributed by atoms with E-state index in [4.69, 9.17) is 10.8 Å². The Labute approximate surface area is 108 Å². The summed E-state index contributed by atoms with van der Waals surface area (Å²) in [5, 5.41) is 37.6. The highest BCUT2D eigenvalue weighted by molar-refractivity contribution is 5.74. The van der Waals surface area contributed by atoms with Crippen molar-refractivity contribution < 1.29 is 30.0 Å². The van der Waals surface area contributed by atoms with E-state index in [1.54, 1.807) is 0 Å². The molecule has 0 saturated carbocycles. The van der Waals surface area contributed by atoms with Gasteiger partial charge in [0.15, 0.2) is 0 Å². The van der Waals surface area contributed by atoms with Gasteiger partial charge in [0.25, 0.3) is 0 Å². The van der Waals surface area contributed by atoms with E-state index in [2.05, 4.69) is 0 Å². The molecule has 104 valence electrons. The molecule has 0 aliphatic carbocycles. The van der Waals surface area contributed by atoms with E-state index in [9.17, 15) is 24.9 Å². The predicted octanol–water partition coefficient (Wildman–Crippen LogP) is -0.711. The number of benzene rings is 1. The largest absolute Gasteiger partial charge is 0.508 e. The number of carboxylic acid groups (broad SMARTS) is 1. The molecule has 0 aliphatic heterocycles. The molecule has 0 fully saturated rings. The molecule has 7 nitrogen and oxygen atoms in total. The third kappa shape index (κ3) is 4.23. The second-order valence-electron chi connectivity index (χ2n) is 4.15. The summed E-state index contributed by atoms with van der Waals surface area (Å²) in [6.07, 6.45) is -3.75. The van der Waals surface area contributed by atoms with Crippen LogP contribution in [0.25, 0.3) is 0 Å². The van der Waals surface area contributed by atoms with Crippen LogP contribution in [-0.2, 0) is 16.0 Å². The Morgan fingerprint density at radius 3 is 2.42 bits per heavy atom. The number of phenolic OH excluding ortho intramolecular Hbond substituents is 1. The molecule has 19 heavy (non-hydrogen) atoms. The summed E-state index contributed by atoms with van der Waals surface area (Å²) >= 11 is 0. The molecule has 0 spiro atoms. The van der Waals surface area contributed by atoms with Crippen LogP contribution in [-0.4, -0.2) is 38.4 Å². The van der Waals surface area contributed by atoms with Gasteiger partial charge in [0.2, 0.25) is 5.91 Å². The van der Waals surface area contributed by atoms with E-state index >= 15 is 0 Å². The molecule has 7 heteroatoms. The molecule has 1 rings (SSSR count). The van der Waals surface area contributed by atoms with Crippen LogP contribution in [0.3, 0.4) is 0 Å². The highest BCUT2D eigenvalue weighted by Gasteiger charge is 2.23. The summed E-state index contributed by atoms with van der Waals surface area (Å²) in [6.45, 7) is 0. The third-order valence-corrected chi connectivity index (χ3v) is 2.54. The Morgan fingerprint density at radius 1 is 1.26 bits per heavy atom. The number of rotatable bonds is 6. The van der Waals surface area contributed by atoms with Gasteiger partial charge in [0, 0.05) is 5.56 Å². The second-order valence-corrected chi connectivity index (χ2v) is 4.15. The van der Waals surface area contributed by atoms with Crippen LogP contribution in [0.15, 0.2) is 18.2 Å². The zero-order chi connectivity index (χ0) is 14.6. The minimum absolute atomic E-state index is 0.0486. The van der Waals surface area contributed by atoms with Crippen molar-refractivity contribution in [1.29, 1.82) is 0 Å². The lowest BCUT2D eigenvalue weighted by atomic mass is 9.98. The van der Waals surface area contributed by atoms with Gasteiger partial charge in [-0.05, 0) is 17.7 Å². The zero-order valence-corrected chi connectivity index (χ0v) is 9.98. The topological polar surface area (TPSA) is 141 Å². The fraction of sp³-hybridized carbons (Fsp3) is 0.333. The third-order valence-electron chi connectivity index (χ3n) is 2.54. The fourth-order valence-corrected chi connectivity index (χ4v) is 1.65. The minimum Gasteiger partial charge on any atom is -0.508 e. The maximum atomic E-state index is 10.7. The standard InChI is InChI=1S/C12H15NO6/c13-10(16)5-9(15)12(19)7-3-6(4-11(17)18)1-2-8(7)14/h1-3,9,12,14-15,19H,4-5H2,(H2,13,16)(H,17,18). The lowest BCUT2D eigenvalue weighted by molar-refractivity contribution is -0.136. The van der Waals surface area contributed by atoms with Gasteiger partial charge in [-0.1, -0.05) is 6.07 Å². The lowest BCUT2D eigenvalue weighted by Crippen LogP contribution is -2.25. The summed E-state index contributed by atoms with van der Waals surface area (Å²) in [5.41, 5.74) is 5.20. The van der Waals surface area contributed by atoms with Crippen molar-refractivity contribution in [2.24, 2.45) is 5.73 Å². The first-order valence-electron chi connectivity index (χ1n) is 5.49. The molecule has 0 aromatic heterocycles. The number of primary amides is 1. The van der Waals surface area contributed by atoms with E-state index in [1.165, 1.54) is 18.2 Å². The summed E-state index contributed by atoms with van der Waals surface area (Å²) in [7, 11) is 0. The van der Waals surface area contributed by atoms with Crippen LogP contribution < -0.4 is 5.73 Å². The zero-order valence-electron chi connectivity index (χ0n) is 9.98. The molecule has 2 atom stereocenters. The van der Waals surface area contributed by atoms with E-state index in [0.29, 0.717) is 5.56 Å². The van der Waals surface area contributed by atoms with Crippen LogP contribution in [0.2, 0.25) is 0 Å². The van der Waals surface area contributed by atoms with Gasteiger partial charge in [-0.3, -0.25) is 9.59 Å². The molecule has 2 unspecified atom stereocenters. The molecular weight excluding hydrogens is 254 g/mol. The molecule has 1 aromatic rings. The highest BCUT2D eigenvalue weighted by Crippen LogP contribution is 2.28. The highest BCUT2D eigenvalue weighted by atomic mass is 16.4. The van der Waals surface area contributed by atoms with Crippen molar-refractivity contribution in [3.63, 3.8) is 0 Å². The first-order valence-corrected chi connectivity index (χ1v) is 5.49. The smallest absolute Gasteiger partial charge is 0.307 e. The molecule has 1 aromatic carbocycles. The van der Waals surface area contributed by atoms with Gasteiger partial charge in [-0.2, -0.15) is 0 Å². The molecule has 1 amide bonds. The van der Waals surface area contributed by atoms with Crippen molar-refractivity contribution in [1.82, 2.24) is 0 Å². The number of carbonyl (C=O) groups excluding carboxylic acids is 1. The average Bonchev–Trinajstić information content (AvgIpc) is 2.29. The van der Waals surface area contributed by atoms with Crippen molar-refractivity contribution in [3.8, 4) is 5.75 Å². The molecule has 6 N–H and O–H groups in total. The molecule has 0 aliphatic rings. The number of carboxylic acids is 1. The van der Waals surface area contributed by atoms with Crippen molar-refractivity contribution in [2.75, 3.05) is 0 Å². The first kappa shape index (κ1) is 14.9. The summed E-state index contributed by atoms with van der Waals surface area (Å²) in [6, 6.07) is 3.87. The SMILES string of the molecule is NC(=O)CC(O)C(O)c1cc(CC(=O)O)ccc1O. The van der Waals surface area contributed by atoms with E-state index in [1.807, 2.05) is 0 Å². The number of aliphatic carboxylic acids is 1. The number of nitrogens with two attached hydrogens (primary N) is 1. The van der Waals surface area contributed by atoms with E-state index in [0.717, 1.165) is 0 Å². The molecule has 0 bridgehead atoms. The summed E-state index contributed by atoms with van der Waals surface area (Å²) < 4.78 is 0. The van der Waals surface area contributed by atoms with Crippen molar-refractivity contribution >= 4 is 11.9 Å². The Balaban J connectivity index is 2.97.